The van der Waals surface area contributed by atoms with Gasteiger partial charge < -0.3 is 14.4 Å². The second-order valence-corrected chi connectivity index (χ2v) is 4.36. The Morgan fingerprint density at radius 3 is 3.12 bits per heavy atom. The molecule has 1 aromatic heterocycles. The van der Waals surface area contributed by atoms with E-state index in [1.165, 1.54) is 6.42 Å². The van der Waals surface area contributed by atoms with Crippen LogP contribution >= 0.6 is 0 Å². The van der Waals surface area contributed by atoms with Crippen LogP contribution in [-0.4, -0.2) is 45.0 Å². The summed E-state index contributed by atoms with van der Waals surface area (Å²) in [7, 11) is 1.70. The average molecular weight is 236 g/mol. The maximum atomic E-state index is 5.57. The van der Waals surface area contributed by atoms with Crippen LogP contribution < -0.4 is 4.90 Å². The first-order chi connectivity index (χ1) is 8.40. The smallest absolute Gasteiger partial charge is 0.128 e. The first kappa shape index (κ1) is 12.3. The molecule has 2 rings (SSSR count). The number of ether oxygens (including phenoxy) is 2. The minimum atomic E-state index is 0.619. The van der Waals surface area contributed by atoms with Crippen molar-refractivity contribution in [2.24, 2.45) is 5.92 Å². The van der Waals surface area contributed by atoms with Gasteiger partial charge in [0.05, 0.1) is 19.8 Å². The first-order valence-electron chi connectivity index (χ1n) is 6.13. The summed E-state index contributed by atoms with van der Waals surface area (Å²) in [6.45, 7) is 4.32. The molecule has 0 bridgehead atoms. The minimum absolute atomic E-state index is 0.619. The van der Waals surface area contributed by atoms with E-state index in [2.05, 4.69) is 16.0 Å². The van der Waals surface area contributed by atoms with Gasteiger partial charge in [-0.05, 0) is 18.6 Å². The second kappa shape index (κ2) is 6.57. The third-order valence-corrected chi connectivity index (χ3v) is 3.04. The molecule has 17 heavy (non-hydrogen) atoms. The zero-order valence-electron chi connectivity index (χ0n) is 10.3. The van der Waals surface area contributed by atoms with Crippen LogP contribution in [0.15, 0.2) is 24.4 Å². The quantitative estimate of drug-likeness (QED) is 0.702. The van der Waals surface area contributed by atoms with Crippen molar-refractivity contribution in [3.8, 4) is 0 Å². The number of methoxy groups -OCH3 is 1. The summed E-state index contributed by atoms with van der Waals surface area (Å²) in [6, 6.07) is 6.05. The predicted molar refractivity (Wildman–Crippen MR) is 67.3 cm³/mol. The van der Waals surface area contributed by atoms with Crippen LogP contribution in [0.4, 0.5) is 5.82 Å². The molecule has 1 unspecified atom stereocenters. The molecule has 1 saturated heterocycles. The molecule has 94 valence electrons. The molecular weight excluding hydrogens is 216 g/mol. The Labute approximate surface area is 103 Å². The largest absolute Gasteiger partial charge is 0.382 e. The van der Waals surface area contributed by atoms with E-state index < -0.39 is 0 Å². The van der Waals surface area contributed by atoms with Crippen molar-refractivity contribution in [2.75, 3.05) is 44.9 Å². The fraction of sp³-hybridized carbons (Fsp3) is 0.615. The molecule has 1 aromatic rings. The molecule has 0 saturated carbocycles. The summed E-state index contributed by atoms with van der Waals surface area (Å²) >= 11 is 0. The SMILES string of the molecule is COCCOCC1CCN(c2ccccn2)C1. The van der Waals surface area contributed by atoms with E-state index in [0.717, 1.165) is 25.5 Å². The van der Waals surface area contributed by atoms with E-state index in [1.54, 1.807) is 7.11 Å². The lowest BCUT2D eigenvalue weighted by Gasteiger charge is -2.17. The van der Waals surface area contributed by atoms with Crippen molar-refractivity contribution in [1.82, 2.24) is 4.98 Å². The highest BCUT2D eigenvalue weighted by Crippen LogP contribution is 2.21. The highest BCUT2D eigenvalue weighted by molar-refractivity contribution is 5.38. The lowest BCUT2D eigenvalue weighted by atomic mass is 10.1. The molecule has 1 fully saturated rings. The first-order valence-corrected chi connectivity index (χ1v) is 6.13. The lowest BCUT2D eigenvalue weighted by molar-refractivity contribution is 0.0549. The molecule has 2 heterocycles. The number of rotatable bonds is 6. The zero-order valence-corrected chi connectivity index (χ0v) is 10.3. The number of aromatic nitrogens is 1. The van der Waals surface area contributed by atoms with E-state index >= 15 is 0 Å². The maximum Gasteiger partial charge on any atom is 0.128 e. The van der Waals surface area contributed by atoms with E-state index in [0.29, 0.717) is 19.1 Å². The molecule has 4 nitrogen and oxygen atoms in total. The van der Waals surface area contributed by atoms with Gasteiger partial charge in [-0.1, -0.05) is 6.07 Å². The van der Waals surface area contributed by atoms with Gasteiger partial charge >= 0.3 is 0 Å². The van der Waals surface area contributed by atoms with Gasteiger partial charge in [0.15, 0.2) is 0 Å². The summed E-state index contributed by atoms with van der Waals surface area (Å²) in [5, 5.41) is 0. The fourth-order valence-electron chi connectivity index (χ4n) is 2.11. The van der Waals surface area contributed by atoms with Crippen molar-refractivity contribution >= 4 is 5.82 Å². The van der Waals surface area contributed by atoms with Gasteiger partial charge in [0, 0.05) is 32.3 Å². The minimum Gasteiger partial charge on any atom is -0.382 e. The van der Waals surface area contributed by atoms with Crippen LogP contribution in [0.2, 0.25) is 0 Å². The number of nitrogens with zero attached hydrogens (tertiary/aromatic N) is 2. The molecule has 4 heteroatoms. The van der Waals surface area contributed by atoms with Crippen LogP contribution in [0.5, 0.6) is 0 Å². The second-order valence-electron chi connectivity index (χ2n) is 4.36. The highest BCUT2D eigenvalue weighted by Gasteiger charge is 2.23. The Morgan fingerprint density at radius 1 is 1.41 bits per heavy atom. The summed E-state index contributed by atoms with van der Waals surface area (Å²) < 4.78 is 10.5. The van der Waals surface area contributed by atoms with Gasteiger partial charge in [0.1, 0.15) is 5.82 Å². The topological polar surface area (TPSA) is 34.6 Å². The highest BCUT2D eigenvalue weighted by atomic mass is 16.5. The van der Waals surface area contributed by atoms with Crippen LogP contribution in [0.1, 0.15) is 6.42 Å². The van der Waals surface area contributed by atoms with Gasteiger partial charge in [-0.25, -0.2) is 4.98 Å². The molecule has 0 N–H and O–H groups in total. The van der Waals surface area contributed by atoms with Crippen LogP contribution in [0.25, 0.3) is 0 Å². The summed E-state index contributed by atoms with van der Waals surface area (Å²) in [5.41, 5.74) is 0. The molecule has 1 atom stereocenters. The Balaban J connectivity index is 1.72. The van der Waals surface area contributed by atoms with Crippen molar-refractivity contribution in [3.05, 3.63) is 24.4 Å². The third-order valence-electron chi connectivity index (χ3n) is 3.04. The molecule has 0 amide bonds. The van der Waals surface area contributed by atoms with Crippen LogP contribution in [0.3, 0.4) is 0 Å². The van der Waals surface area contributed by atoms with Crippen molar-refractivity contribution in [1.29, 1.82) is 0 Å². The Bertz CT molecular complexity index is 318. The molecule has 1 aliphatic heterocycles. The van der Waals surface area contributed by atoms with Crippen LogP contribution in [0, 0.1) is 5.92 Å². The summed E-state index contributed by atoms with van der Waals surface area (Å²) in [6.07, 6.45) is 3.03. The number of anilines is 1. The van der Waals surface area contributed by atoms with Crippen molar-refractivity contribution in [3.63, 3.8) is 0 Å². The maximum absolute atomic E-state index is 5.57. The Kier molecular flexibility index (Phi) is 4.76. The number of hydrogen-bond donors (Lipinski definition) is 0. The van der Waals surface area contributed by atoms with Gasteiger partial charge in [-0.2, -0.15) is 0 Å². The average Bonchev–Trinajstić information content (AvgIpc) is 2.85. The summed E-state index contributed by atoms with van der Waals surface area (Å²) in [4.78, 5) is 6.69. The summed E-state index contributed by atoms with van der Waals surface area (Å²) in [5.74, 6) is 1.70. The van der Waals surface area contributed by atoms with Gasteiger partial charge in [-0.15, -0.1) is 0 Å². The monoisotopic (exact) mass is 236 g/mol. The van der Waals surface area contributed by atoms with Gasteiger partial charge in [0.2, 0.25) is 0 Å². The molecule has 0 spiro atoms. The van der Waals surface area contributed by atoms with Crippen molar-refractivity contribution in [2.45, 2.75) is 6.42 Å². The van der Waals surface area contributed by atoms with E-state index in [9.17, 15) is 0 Å². The molecule has 0 aromatic carbocycles. The number of pyridine rings is 1. The van der Waals surface area contributed by atoms with E-state index in [-0.39, 0.29) is 0 Å². The normalized spacial score (nSPS) is 19.8. The van der Waals surface area contributed by atoms with Crippen molar-refractivity contribution < 1.29 is 9.47 Å². The standard InChI is InChI=1S/C13H20N2O2/c1-16-8-9-17-11-12-5-7-15(10-12)13-4-2-3-6-14-13/h2-4,6,12H,5,7-11H2,1H3. The molecule has 1 aliphatic rings. The predicted octanol–water partition coefficient (Wildman–Crippen LogP) is 1.57. The Hall–Kier alpha value is -1.13. The number of hydrogen-bond acceptors (Lipinski definition) is 4. The fourth-order valence-corrected chi connectivity index (χ4v) is 2.11. The molecule has 0 aliphatic carbocycles. The Morgan fingerprint density at radius 2 is 2.35 bits per heavy atom. The van der Waals surface area contributed by atoms with E-state index in [4.69, 9.17) is 9.47 Å². The zero-order chi connectivity index (χ0) is 11.9. The molecular formula is C13H20N2O2. The van der Waals surface area contributed by atoms with Gasteiger partial charge in [0.25, 0.3) is 0 Å². The molecule has 0 radical (unpaired) electrons. The van der Waals surface area contributed by atoms with E-state index in [1.807, 2.05) is 18.3 Å². The van der Waals surface area contributed by atoms with Gasteiger partial charge in [-0.3, -0.25) is 0 Å². The third kappa shape index (κ3) is 3.68. The lowest BCUT2D eigenvalue weighted by Crippen LogP contribution is -2.22. The van der Waals surface area contributed by atoms with Crippen LogP contribution in [-0.2, 0) is 9.47 Å².